The minimum atomic E-state index is -0.596. The van der Waals surface area contributed by atoms with Crippen molar-refractivity contribution < 1.29 is 31.7 Å². The summed E-state index contributed by atoms with van der Waals surface area (Å²) in [5.74, 6) is 0.932. The van der Waals surface area contributed by atoms with Gasteiger partial charge in [-0.25, -0.2) is 4.79 Å². The van der Waals surface area contributed by atoms with Crippen molar-refractivity contribution in [3.63, 3.8) is 0 Å². The predicted octanol–water partition coefficient (Wildman–Crippen LogP) is 6.27. The summed E-state index contributed by atoms with van der Waals surface area (Å²) in [4.78, 5) is 14.4. The third-order valence-corrected chi connectivity index (χ3v) is 6.41. The largest absolute Gasteiger partial charge is 0.418 e. The third kappa shape index (κ3) is 9.22. The van der Waals surface area contributed by atoms with E-state index in [0.29, 0.717) is 0 Å². The summed E-state index contributed by atoms with van der Waals surface area (Å²) in [6.07, 6.45) is 24.8. The van der Waals surface area contributed by atoms with E-state index in [1.807, 2.05) is 85.5 Å². The molecule has 1 N–H and O–H groups in total. The van der Waals surface area contributed by atoms with Crippen LogP contribution in [0.15, 0.2) is 11.8 Å². The zero-order valence-electron chi connectivity index (χ0n) is 20.8. The van der Waals surface area contributed by atoms with Crippen LogP contribution in [0.1, 0.15) is 73.1 Å². The second-order valence-corrected chi connectivity index (χ2v) is 9.54. The maximum atomic E-state index is 12.6. The predicted molar refractivity (Wildman–Crippen MR) is 130 cm³/mol. The van der Waals surface area contributed by atoms with Gasteiger partial charge in [-0.15, -0.1) is 0 Å². The number of hydrogen-bond acceptors (Lipinski definition) is 3. The number of carbonyl (C=O) groups excluding carboxylic acids is 1. The minimum Gasteiger partial charge on any atom is -0.418 e. The maximum absolute atomic E-state index is 12.6. The molecule has 0 aromatic heterocycles. The van der Waals surface area contributed by atoms with Gasteiger partial charge in [-0.3, -0.25) is 0 Å². The number of carbonyl (C=O) groups is 1. The van der Waals surface area contributed by atoms with Crippen LogP contribution in [0.3, 0.4) is 0 Å². The molecule has 0 bridgehead atoms. The average Bonchev–Trinajstić information content (AvgIpc) is 3.46. The minimum absolute atomic E-state index is 0. The van der Waals surface area contributed by atoms with E-state index in [9.17, 15) is 9.90 Å². The van der Waals surface area contributed by atoms with E-state index in [4.69, 9.17) is 4.74 Å². The first-order valence-corrected chi connectivity index (χ1v) is 12.0. The van der Waals surface area contributed by atoms with Crippen molar-refractivity contribution in [1.82, 2.24) is 4.90 Å². The number of amides is 1. The van der Waals surface area contributed by atoms with Crippen molar-refractivity contribution in [2.24, 2.45) is 5.41 Å². The standard InChI is InChI=1S/C23H36NO3.C5H5.Fe/c1-17(2)24(18(3)4)22(26)27-16-20-14-8-6-7-11-15-23(20,5)21(25)19-12-9-10-13-19;1-2-4-5-3-1;/h9-10,12-13,16-18,21,25H,6-8,11,14-15H2,1-5H3;1-5H;/b20-16+;;/t21-,23+;;/m1../s1. The Bertz CT molecular complexity index is 566. The van der Waals surface area contributed by atoms with Gasteiger partial charge in [-0.05, 0) is 110 Å². The zero-order chi connectivity index (χ0) is 23.6. The van der Waals surface area contributed by atoms with Gasteiger partial charge in [0.15, 0.2) is 0 Å². The van der Waals surface area contributed by atoms with Crippen LogP contribution in [0, 0.1) is 69.1 Å². The Morgan fingerprint density at radius 2 is 1.45 bits per heavy atom. The molecule has 3 fully saturated rings. The first-order chi connectivity index (χ1) is 15.3. The molecular weight excluding hydrogens is 454 g/mol. The Labute approximate surface area is 214 Å². The van der Waals surface area contributed by atoms with Gasteiger partial charge in [-0.1, -0.05) is 26.2 Å². The van der Waals surface area contributed by atoms with Crippen LogP contribution < -0.4 is 0 Å². The molecule has 0 saturated heterocycles. The smallest absolute Gasteiger partial charge is 0.415 e. The number of nitrogens with zero attached hydrogens (tertiary/aromatic N) is 1. The van der Waals surface area contributed by atoms with E-state index in [0.717, 1.165) is 37.2 Å². The molecule has 0 aromatic rings. The Hall–Kier alpha value is -0.511. The second-order valence-electron chi connectivity index (χ2n) is 9.54. The van der Waals surface area contributed by atoms with E-state index >= 15 is 0 Å². The van der Waals surface area contributed by atoms with Gasteiger partial charge in [0.05, 0.1) is 12.4 Å². The number of hydrogen-bond donors (Lipinski definition) is 1. The van der Waals surface area contributed by atoms with E-state index in [1.165, 1.54) is 12.8 Å². The molecule has 4 nitrogen and oxygen atoms in total. The maximum Gasteiger partial charge on any atom is 0.415 e. The molecule has 3 aliphatic carbocycles. The van der Waals surface area contributed by atoms with Crippen molar-refractivity contribution in [2.45, 2.75) is 91.3 Å². The van der Waals surface area contributed by atoms with Crippen LogP contribution in [0.4, 0.5) is 4.79 Å². The second kappa shape index (κ2) is 15.5. The van der Waals surface area contributed by atoms with E-state index in [1.54, 1.807) is 11.2 Å². The van der Waals surface area contributed by atoms with Gasteiger partial charge in [0.1, 0.15) is 0 Å². The molecule has 5 heteroatoms. The molecule has 184 valence electrons. The van der Waals surface area contributed by atoms with Crippen LogP contribution in [0.25, 0.3) is 0 Å². The van der Waals surface area contributed by atoms with Crippen molar-refractivity contribution in [3.05, 3.63) is 75.5 Å². The molecule has 3 saturated carbocycles. The molecule has 0 aliphatic heterocycles. The molecule has 10 radical (unpaired) electrons. The number of ether oxygens (including phenoxy) is 1. The number of aliphatic hydroxyl groups is 1. The van der Waals surface area contributed by atoms with Crippen LogP contribution in [-0.4, -0.2) is 34.3 Å². The van der Waals surface area contributed by atoms with Crippen LogP contribution in [0.5, 0.6) is 0 Å². The SMILES string of the molecule is CC(C)N(C(=O)O/C=C1\CCCCCC[C@]1(C)[C@H](O)[C]1[CH][CH][CH][CH]1)C(C)C.[CH]1[CH][CH][CH][CH]1.[Fe]. The first-order valence-electron chi connectivity index (χ1n) is 12.0. The van der Waals surface area contributed by atoms with Crippen molar-refractivity contribution in [2.75, 3.05) is 0 Å². The summed E-state index contributed by atoms with van der Waals surface area (Å²) >= 11 is 0. The molecule has 1 amide bonds. The summed E-state index contributed by atoms with van der Waals surface area (Å²) in [5, 5.41) is 11.1. The normalized spacial score (nSPS) is 26.2. The van der Waals surface area contributed by atoms with Gasteiger partial charge in [0.25, 0.3) is 0 Å². The Balaban J connectivity index is 0.000000799. The molecule has 0 heterocycles. The molecule has 0 unspecified atom stereocenters. The summed E-state index contributed by atoms with van der Waals surface area (Å²) in [6, 6.07) is 0.157. The first kappa shape index (κ1) is 30.5. The summed E-state index contributed by atoms with van der Waals surface area (Å²) < 4.78 is 5.64. The fourth-order valence-corrected chi connectivity index (χ4v) is 4.57. The van der Waals surface area contributed by atoms with Crippen LogP contribution in [0.2, 0.25) is 0 Å². The van der Waals surface area contributed by atoms with Crippen LogP contribution >= 0.6 is 0 Å². The molecule has 0 spiro atoms. The molecular formula is C28H41FeNO3. The average molecular weight is 495 g/mol. The fraction of sp³-hybridized carbons (Fsp3) is 0.536. The molecule has 3 aliphatic rings. The summed E-state index contributed by atoms with van der Waals surface area (Å²) in [6.45, 7) is 10.1. The Morgan fingerprint density at radius 3 is 1.97 bits per heavy atom. The fourth-order valence-electron chi connectivity index (χ4n) is 4.57. The summed E-state index contributed by atoms with van der Waals surface area (Å²) in [5.41, 5.74) is 0.618. The van der Waals surface area contributed by atoms with Crippen molar-refractivity contribution in [1.29, 1.82) is 0 Å². The van der Waals surface area contributed by atoms with E-state index < -0.39 is 11.5 Å². The zero-order valence-corrected chi connectivity index (χ0v) is 21.9. The summed E-state index contributed by atoms with van der Waals surface area (Å²) in [7, 11) is 0. The third-order valence-electron chi connectivity index (χ3n) is 6.41. The topological polar surface area (TPSA) is 49.8 Å². The number of rotatable bonds is 5. The monoisotopic (exact) mass is 495 g/mol. The van der Waals surface area contributed by atoms with Gasteiger partial charge >= 0.3 is 6.09 Å². The van der Waals surface area contributed by atoms with Gasteiger partial charge in [0, 0.05) is 40.5 Å². The van der Waals surface area contributed by atoms with Gasteiger partial charge < -0.3 is 14.7 Å². The van der Waals surface area contributed by atoms with Gasteiger partial charge in [-0.2, -0.15) is 0 Å². The molecule has 33 heavy (non-hydrogen) atoms. The van der Waals surface area contributed by atoms with Crippen molar-refractivity contribution >= 4 is 6.09 Å². The molecule has 2 atom stereocenters. The quantitative estimate of drug-likeness (QED) is 0.361. The Kier molecular flexibility index (Phi) is 14.3. The number of aliphatic hydroxyl groups excluding tert-OH is 1. The van der Waals surface area contributed by atoms with Crippen molar-refractivity contribution in [3.8, 4) is 0 Å². The van der Waals surface area contributed by atoms with Gasteiger partial charge in [0.2, 0.25) is 0 Å². The van der Waals surface area contributed by atoms with E-state index in [-0.39, 0.29) is 35.2 Å². The molecule has 3 rings (SSSR count). The van der Waals surface area contributed by atoms with E-state index in [2.05, 4.69) is 6.92 Å². The molecule has 0 aromatic carbocycles. The Morgan fingerprint density at radius 1 is 0.939 bits per heavy atom. The van der Waals surface area contributed by atoms with Crippen LogP contribution in [-0.2, 0) is 21.8 Å².